The number of imidazole rings is 1. The zero-order valence-corrected chi connectivity index (χ0v) is 13.3. The van der Waals surface area contributed by atoms with Crippen molar-refractivity contribution in [2.24, 2.45) is 0 Å². The van der Waals surface area contributed by atoms with E-state index in [0.717, 1.165) is 27.1 Å². The lowest BCUT2D eigenvalue weighted by atomic mass is 10.2. The molecule has 0 N–H and O–H groups in total. The molecule has 0 aliphatic rings. The van der Waals surface area contributed by atoms with Crippen molar-refractivity contribution < 1.29 is 0 Å². The van der Waals surface area contributed by atoms with Crippen LogP contribution < -0.4 is 0 Å². The molecule has 102 valence electrons. The Labute approximate surface area is 130 Å². The first-order valence-electron chi connectivity index (χ1n) is 6.35. The SMILES string of the molecule is Cc1ccc(-n2c(CCCl)nc3cc(Br)cnc32)cc1. The lowest BCUT2D eigenvalue weighted by Crippen LogP contribution is -2.02. The van der Waals surface area contributed by atoms with Gasteiger partial charge in [0, 0.05) is 28.7 Å². The molecule has 0 aliphatic heterocycles. The zero-order valence-electron chi connectivity index (χ0n) is 11.0. The molecule has 3 nitrogen and oxygen atoms in total. The fourth-order valence-electron chi connectivity index (χ4n) is 2.20. The Bertz CT molecular complexity index is 750. The summed E-state index contributed by atoms with van der Waals surface area (Å²) in [6.07, 6.45) is 2.50. The quantitative estimate of drug-likeness (QED) is 0.660. The van der Waals surface area contributed by atoms with Crippen LogP contribution in [0.25, 0.3) is 16.9 Å². The van der Waals surface area contributed by atoms with E-state index in [1.807, 2.05) is 6.07 Å². The third-order valence-electron chi connectivity index (χ3n) is 3.14. The van der Waals surface area contributed by atoms with Crippen LogP contribution in [-0.2, 0) is 6.42 Å². The van der Waals surface area contributed by atoms with Gasteiger partial charge in [-0.25, -0.2) is 9.97 Å². The van der Waals surface area contributed by atoms with Gasteiger partial charge in [-0.2, -0.15) is 0 Å². The topological polar surface area (TPSA) is 30.7 Å². The second-order valence-corrected chi connectivity index (χ2v) is 5.93. The molecule has 0 saturated carbocycles. The van der Waals surface area contributed by atoms with Crippen LogP contribution in [0.5, 0.6) is 0 Å². The maximum Gasteiger partial charge on any atom is 0.164 e. The van der Waals surface area contributed by atoms with Crippen molar-refractivity contribution >= 4 is 38.7 Å². The highest BCUT2D eigenvalue weighted by molar-refractivity contribution is 9.10. The summed E-state index contributed by atoms with van der Waals surface area (Å²) in [5, 5.41) is 0. The number of halogens is 2. The predicted octanol–water partition coefficient (Wildman–Crippen LogP) is 4.27. The highest BCUT2D eigenvalue weighted by atomic mass is 79.9. The summed E-state index contributed by atoms with van der Waals surface area (Å²) in [5.74, 6) is 1.47. The number of rotatable bonds is 3. The molecule has 0 aliphatic carbocycles. The van der Waals surface area contributed by atoms with Gasteiger partial charge in [0.15, 0.2) is 5.65 Å². The number of aryl methyl sites for hydroxylation is 2. The number of nitrogens with zero attached hydrogens (tertiary/aromatic N) is 3. The molecular weight excluding hydrogens is 338 g/mol. The molecule has 0 unspecified atom stereocenters. The van der Waals surface area contributed by atoms with E-state index in [4.69, 9.17) is 11.6 Å². The average molecular weight is 351 g/mol. The average Bonchev–Trinajstić information content (AvgIpc) is 2.77. The Morgan fingerprint density at radius 2 is 2.00 bits per heavy atom. The molecule has 0 spiro atoms. The summed E-state index contributed by atoms with van der Waals surface area (Å²) >= 11 is 9.33. The smallest absolute Gasteiger partial charge is 0.164 e. The number of pyridine rings is 1. The van der Waals surface area contributed by atoms with Gasteiger partial charge in [-0.1, -0.05) is 17.7 Å². The van der Waals surface area contributed by atoms with Crippen LogP contribution in [0.4, 0.5) is 0 Å². The van der Waals surface area contributed by atoms with Crippen molar-refractivity contribution in [1.82, 2.24) is 14.5 Å². The highest BCUT2D eigenvalue weighted by Crippen LogP contribution is 2.23. The minimum atomic E-state index is 0.538. The number of fused-ring (bicyclic) bond motifs is 1. The van der Waals surface area contributed by atoms with Crippen LogP contribution in [0.3, 0.4) is 0 Å². The summed E-state index contributed by atoms with van der Waals surface area (Å²) in [4.78, 5) is 9.14. The van der Waals surface area contributed by atoms with E-state index in [1.54, 1.807) is 6.20 Å². The van der Waals surface area contributed by atoms with E-state index >= 15 is 0 Å². The van der Waals surface area contributed by atoms with Crippen molar-refractivity contribution in [3.63, 3.8) is 0 Å². The first-order chi connectivity index (χ1) is 9.69. The molecule has 0 fully saturated rings. The maximum absolute atomic E-state index is 5.90. The lowest BCUT2D eigenvalue weighted by Gasteiger charge is -2.08. The van der Waals surface area contributed by atoms with Crippen molar-refractivity contribution in [2.45, 2.75) is 13.3 Å². The van der Waals surface area contributed by atoms with E-state index in [0.29, 0.717) is 12.3 Å². The lowest BCUT2D eigenvalue weighted by molar-refractivity contribution is 0.905. The molecule has 0 saturated heterocycles. The van der Waals surface area contributed by atoms with Gasteiger partial charge < -0.3 is 0 Å². The number of hydrogen-bond donors (Lipinski definition) is 0. The van der Waals surface area contributed by atoms with Crippen molar-refractivity contribution in [2.75, 3.05) is 5.88 Å². The molecule has 0 amide bonds. The second-order valence-electron chi connectivity index (χ2n) is 4.63. The number of alkyl halides is 1. The van der Waals surface area contributed by atoms with Gasteiger partial charge in [-0.05, 0) is 41.1 Å². The highest BCUT2D eigenvalue weighted by Gasteiger charge is 2.13. The minimum Gasteiger partial charge on any atom is -0.281 e. The van der Waals surface area contributed by atoms with Gasteiger partial charge in [0.2, 0.25) is 0 Å². The maximum atomic E-state index is 5.90. The molecule has 0 radical (unpaired) electrons. The molecular formula is C15H13BrClN3. The van der Waals surface area contributed by atoms with E-state index in [1.165, 1.54) is 5.56 Å². The predicted molar refractivity (Wildman–Crippen MR) is 85.7 cm³/mol. The van der Waals surface area contributed by atoms with Crippen LogP contribution in [0.2, 0.25) is 0 Å². The van der Waals surface area contributed by atoms with Crippen molar-refractivity contribution in [1.29, 1.82) is 0 Å². The summed E-state index contributed by atoms with van der Waals surface area (Å²) in [6.45, 7) is 2.07. The molecule has 20 heavy (non-hydrogen) atoms. The third kappa shape index (κ3) is 2.45. The first-order valence-corrected chi connectivity index (χ1v) is 7.67. The normalized spacial score (nSPS) is 11.2. The summed E-state index contributed by atoms with van der Waals surface area (Å²) in [5.41, 5.74) is 4.03. The third-order valence-corrected chi connectivity index (χ3v) is 3.77. The van der Waals surface area contributed by atoms with Gasteiger partial charge in [0.25, 0.3) is 0 Å². The van der Waals surface area contributed by atoms with E-state index in [2.05, 4.69) is 61.7 Å². The van der Waals surface area contributed by atoms with Gasteiger partial charge in [-0.15, -0.1) is 11.6 Å². The molecule has 5 heteroatoms. The Hall–Kier alpha value is -1.39. The summed E-state index contributed by atoms with van der Waals surface area (Å²) in [7, 11) is 0. The molecule has 1 aromatic carbocycles. The van der Waals surface area contributed by atoms with E-state index in [9.17, 15) is 0 Å². The minimum absolute atomic E-state index is 0.538. The van der Waals surface area contributed by atoms with Crippen LogP contribution in [0, 0.1) is 6.92 Å². The van der Waals surface area contributed by atoms with Crippen LogP contribution in [0.1, 0.15) is 11.4 Å². The summed E-state index contributed by atoms with van der Waals surface area (Å²) < 4.78 is 3.00. The van der Waals surface area contributed by atoms with E-state index < -0.39 is 0 Å². The number of aromatic nitrogens is 3. The van der Waals surface area contributed by atoms with Gasteiger partial charge in [0.05, 0.1) is 0 Å². The first kappa shape index (κ1) is 13.6. The molecule has 3 aromatic rings. The van der Waals surface area contributed by atoms with Crippen molar-refractivity contribution in [3.05, 3.63) is 52.4 Å². The zero-order chi connectivity index (χ0) is 14.1. The van der Waals surface area contributed by atoms with Crippen LogP contribution in [0.15, 0.2) is 41.0 Å². The van der Waals surface area contributed by atoms with Gasteiger partial charge in [-0.3, -0.25) is 4.57 Å². The molecule has 0 bridgehead atoms. The number of benzene rings is 1. The fraction of sp³-hybridized carbons (Fsp3) is 0.200. The Morgan fingerprint density at radius 1 is 1.25 bits per heavy atom. The van der Waals surface area contributed by atoms with Gasteiger partial charge in [0.1, 0.15) is 11.3 Å². The van der Waals surface area contributed by atoms with E-state index in [-0.39, 0.29) is 0 Å². The molecule has 0 atom stereocenters. The fourth-order valence-corrected chi connectivity index (χ4v) is 2.69. The number of hydrogen-bond acceptors (Lipinski definition) is 2. The van der Waals surface area contributed by atoms with Crippen LogP contribution in [-0.4, -0.2) is 20.4 Å². The summed E-state index contributed by atoms with van der Waals surface area (Å²) in [6, 6.07) is 10.3. The molecule has 2 aromatic heterocycles. The Kier molecular flexibility index (Phi) is 3.76. The Balaban J connectivity index is 2.25. The molecule has 3 rings (SSSR count). The van der Waals surface area contributed by atoms with Crippen LogP contribution >= 0.6 is 27.5 Å². The second kappa shape index (κ2) is 5.54. The largest absolute Gasteiger partial charge is 0.281 e. The Morgan fingerprint density at radius 3 is 2.70 bits per heavy atom. The van der Waals surface area contributed by atoms with Gasteiger partial charge >= 0.3 is 0 Å². The standard InChI is InChI=1S/C15H13BrClN3/c1-10-2-4-12(5-3-10)20-14(6-7-17)19-13-8-11(16)9-18-15(13)20/h2-5,8-9H,6-7H2,1H3. The monoisotopic (exact) mass is 349 g/mol. The molecule has 2 heterocycles. The van der Waals surface area contributed by atoms with Crippen molar-refractivity contribution in [3.8, 4) is 5.69 Å².